The van der Waals surface area contributed by atoms with E-state index in [0.29, 0.717) is 31.0 Å². The van der Waals surface area contributed by atoms with E-state index in [1.807, 2.05) is 82.8 Å². The van der Waals surface area contributed by atoms with Gasteiger partial charge in [0.05, 0.1) is 42.7 Å². The standard InChI is InChI=1S/C38H65ClN6O6/c1-12-24(4)34(44(9)38(49)32(26(6)40)42-37(48)33(23(2)3)43(7)8)30(50-10)22-31(46)45-21-15-18-29(45)35(51-11)25(5)36(47)41-20-19-27-16-13-14-17-28(27)39/h13-14,16-17,23-26,29-30,32-35H,12,15,18-22,40H2,1-11H3,(H,41,47)(H,42,48)/t24-,25+,26-,29-,30+,32+,33?,34-,35+/m0/s1. The lowest BCUT2D eigenvalue weighted by Gasteiger charge is -2.41. The van der Waals surface area contributed by atoms with Crippen molar-refractivity contribution >= 4 is 35.2 Å². The molecule has 0 saturated carbocycles. The first kappa shape index (κ1) is 44.4. The number of amides is 4. The lowest BCUT2D eigenvalue weighted by atomic mass is 9.89. The molecule has 1 saturated heterocycles. The van der Waals surface area contributed by atoms with Gasteiger partial charge in [-0.15, -0.1) is 0 Å². The van der Waals surface area contributed by atoms with Crippen molar-refractivity contribution in [2.45, 2.75) is 116 Å². The molecule has 12 nitrogen and oxygen atoms in total. The number of benzene rings is 1. The smallest absolute Gasteiger partial charge is 0.246 e. The molecule has 9 atom stereocenters. The molecule has 1 heterocycles. The van der Waals surface area contributed by atoms with E-state index >= 15 is 0 Å². The molecule has 4 amide bonds. The Balaban J connectivity index is 2.21. The van der Waals surface area contributed by atoms with Crippen molar-refractivity contribution in [1.82, 2.24) is 25.3 Å². The first-order valence-corrected chi connectivity index (χ1v) is 18.7. The molecule has 2 rings (SSSR count). The summed E-state index contributed by atoms with van der Waals surface area (Å²) in [6, 6.07) is 4.71. The maximum atomic E-state index is 14.1. The molecule has 51 heavy (non-hydrogen) atoms. The minimum atomic E-state index is -0.966. The molecule has 0 aromatic heterocycles. The molecule has 0 bridgehead atoms. The minimum Gasteiger partial charge on any atom is -0.379 e. The number of ether oxygens (including phenoxy) is 2. The lowest BCUT2D eigenvalue weighted by molar-refractivity contribution is -0.147. The highest BCUT2D eigenvalue weighted by Crippen LogP contribution is 2.29. The lowest BCUT2D eigenvalue weighted by Crippen LogP contribution is -2.62. The Labute approximate surface area is 311 Å². The molecule has 13 heteroatoms. The second kappa shape index (κ2) is 21.1. The summed E-state index contributed by atoms with van der Waals surface area (Å²) in [6.07, 6.45) is 1.68. The number of nitrogens with two attached hydrogens (primary N) is 1. The van der Waals surface area contributed by atoms with Crippen molar-refractivity contribution in [1.29, 1.82) is 0 Å². The van der Waals surface area contributed by atoms with Gasteiger partial charge in [-0.3, -0.25) is 24.1 Å². The third kappa shape index (κ3) is 11.9. The highest BCUT2D eigenvalue weighted by Gasteiger charge is 2.43. The van der Waals surface area contributed by atoms with Gasteiger partial charge in [0.25, 0.3) is 0 Å². The highest BCUT2D eigenvalue weighted by molar-refractivity contribution is 6.31. The Morgan fingerprint density at radius 3 is 2.20 bits per heavy atom. The van der Waals surface area contributed by atoms with Crippen LogP contribution in [0.4, 0.5) is 0 Å². The van der Waals surface area contributed by atoms with Crippen LogP contribution in [0, 0.1) is 17.8 Å². The molecule has 1 aliphatic heterocycles. The van der Waals surface area contributed by atoms with Crippen molar-refractivity contribution in [3.8, 4) is 0 Å². The summed E-state index contributed by atoms with van der Waals surface area (Å²) in [5, 5.41) is 6.59. The first-order valence-electron chi connectivity index (χ1n) is 18.4. The summed E-state index contributed by atoms with van der Waals surface area (Å²) in [5.74, 6) is -1.43. The van der Waals surface area contributed by atoms with Gasteiger partial charge in [0.1, 0.15) is 6.04 Å². The van der Waals surface area contributed by atoms with Crippen LogP contribution in [-0.2, 0) is 35.1 Å². The van der Waals surface area contributed by atoms with Gasteiger partial charge in [0.15, 0.2) is 0 Å². The molecule has 1 fully saturated rings. The quantitative estimate of drug-likeness (QED) is 0.185. The van der Waals surface area contributed by atoms with Crippen LogP contribution < -0.4 is 16.4 Å². The second-order valence-corrected chi connectivity index (χ2v) is 15.1. The number of methoxy groups -OCH3 is 2. The van der Waals surface area contributed by atoms with Crippen LogP contribution in [0.25, 0.3) is 0 Å². The van der Waals surface area contributed by atoms with Crippen LogP contribution in [-0.4, -0.2) is 129 Å². The molecule has 1 aromatic carbocycles. The topological polar surface area (TPSA) is 147 Å². The van der Waals surface area contributed by atoms with Crippen molar-refractivity contribution in [3.05, 3.63) is 34.9 Å². The predicted molar refractivity (Wildman–Crippen MR) is 202 cm³/mol. The van der Waals surface area contributed by atoms with Crippen molar-refractivity contribution in [2.75, 3.05) is 48.5 Å². The zero-order chi connectivity index (χ0) is 38.6. The Bertz CT molecular complexity index is 1270. The minimum absolute atomic E-state index is 0.0158. The van der Waals surface area contributed by atoms with Gasteiger partial charge in [0, 0.05) is 45.4 Å². The fraction of sp³-hybridized carbons (Fsp3) is 0.737. The molecule has 4 N–H and O–H groups in total. The fourth-order valence-corrected chi connectivity index (χ4v) is 7.73. The number of rotatable bonds is 20. The summed E-state index contributed by atoms with van der Waals surface area (Å²) < 4.78 is 11.9. The maximum Gasteiger partial charge on any atom is 0.246 e. The van der Waals surface area contributed by atoms with Crippen LogP contribution in [0.2, 0.25) is 5.02 Å². The molecular weight excluding hydrogens is 672 g/mol. The van der Waals surface area contributed by atoms with E-state index in [9.17, 15) is 19.2 Å². The number of hydrogen-bond acceptors (Lipinski definition) is 8. The molecule has 0 radical (unpaired) electrons. The van der Waals surface area contributed by atoms with Crippen molar-refractivity contribution < 1.29 is 28.7 Å². The van der Waals surface area contributed by atoms with E-state index in [4.69, 9.17) is 26.8 Å². The Hall–Kier alpha value is -2.77. The Morgan fingerprint density at radius 1 is 1.02 bits per heavy atom. The van der Waals surface area contributed by atoms with Crippen LogP contribution >= 0.6 is 11.6 Å². The average molecular weight is 737 g/mol. The van der Waals surface area contributed by atoms with Crippen LogP contribution in [0.15, 0.2) is 24.3 Å². The summed E-state index contributed by atoms with van der Waals surface area (Å²) in [6.45, 7) is 12.5. The number of nitrogens with one attached hydrogen (secondary N) is 2. The third-order valence-electron chi connectivity index (χ3n) is 10.5. The number of likely N-dealkylation sites (tertiary alicyclic amines) is 1. The van der Waals surface area contributed by atoms with E-state index in [0.717, 1.165) is 18.4 Å². The molecule has 1 aromatic rings. The second-order valence-electron chi connectivity index (χ2n) is 14.7. The number of likely N-dealkylation sites (N-methyl/N-ethyl adjacent to an activating group) is 2. The number of halogens is 1. The SMILES string of the molecule is CC[C@H](C)[C@@H]([C@@H](CC(=O)N1CCC[C@H]1[C@H](OC)[C@@H](C)C(=O)NCCc1ccccc1Cl)OC)N(C)C(=O)[C@H](NC(=O)C(C(C)C)N(C)C)[C@H](C)N. The van der Waals surface area contributed by atoms with Gasteiger partial charge in [-0.05, 0) is 63.7 Å². The third-order valence-corrected chi connectivity index (χ3v) is 10.8. The number of nitrogens with zero attached hydrogens (tertiary/aromatic N) is 3. The maximum absolute atomic E-state index is 14.1. The van der Waals surface area contributed by atoms with Crippen LogP contribution in [0.3, 0.4) is 0 Å². The van der Waals surface area contributed by atoms with Crippen LogP contribution in [0.5, 0.6) is 0 Å². The van der Waals surface area contributed by atoms with Crippen molar-refractivity contribution in [3.63, 3.8) is 0 Å². The largest absolute Gasteiger partial charge is 0.379 e. The Morgan fingerprint density at radius 2 is 1.67 bits per heavy atom. The van der Waals surface area contributed by atoms with E-state index in [1.54, 1.807) is 33.1 Å². The number of carbonyl (C=O) groups is 4. The zero-order valence-electron chi connectivity index (χ0n) is 32.8. The van der Waals surface area contributed by atoms with Gasteiger partial charge < -0.3 is 35.6 Å². The van der Waals surface area contributed by atoms with E-state index in [-0.39, 0.29) is 47.9 Å². The number of hydrogen-bond donors (Lipinski definition) is 3. The summed E-state index contributed by atoms with van der Waals surface area (Å²) in [4.78, 5) is 60.0. The normalized spacial score (nSPS) is 19.5. The molecule has 0 aliphatic carbocycles. The van der Waals surface area contributed by atoms with Gasteiger partial charge in [-0.1, -0.05) is 70.8 Å². The average Bonchev–Trinajstić information content (AvgIpc) is 3.56. The summed E-state index contributed by atoms with van der Waals surface area (Å²) in [7, 11) is 8.48. The molecular formula is C38H65ClN6O6. The van der Waals surface area contributed by atoms with Gasteiger partial charge in [-0.25, -0.2) is 0 Å². The van der Waals surface area contributed by atoms with Gasteiger partial charge in [0.2, 0.25) is 23.6 Å². The molecule has 1 unspecified atom stereocenters. The van der Waals surface area contributed by atoms with Crippen LogP contribution in [0.1, 0.15) is 72.8 Å². The number of carbonyl (C=O) groups excluding carboxylic acids is 4. The Kier molecular flexibility index (Phi) is 18.3. The predicted octanol–water partition coefficient (Wildman–Crippen LogP) is 3.34. The van der Waals surface area contributed by atoms with Gasteiger partial charge in [-0.2, -0.15) is 0 Å². The zero-order valence-corrected chi connectivity index (χ0v) is 33.5. The molecule has 290 valence electrons. The first-order chi connectivity index (χ1) is 24.0. The molecule has 1 aliphatic rings. The van der Waals surface area contributed by atoms with E-state index in [2.05, 4.69) is 10.6 Å². The van der Waals surface area contributed by atoms with Crippen molar-refractivity contribution in [2.24, 2.45) is 23.5 Å². The monoisotopic (exact) mass is 736 g/mol. The molecule has 0 spiro atoms. The fourth-order valence-electron chi connectivity index (χ4n) is 7.50. The highest BCUT2D eigenvalue weighted by atomic mass is 35.5. The summed E-state index contributed by atoms with van der Waals surface area (Å²) >= 11 is 6.28. The van der Waals surface area contributed by atoms with Gasteiger partial charge >= 0.3 is 0 Å². The summed E-state index contributed by atoms with van der Waals surface area (Å²) in [5.41, 5.74) is 7.26. The van der Waals surface area contributed by atoms with E-state index < -0.39 is 42.3 Å². The van der Waals surface area contributed by atoms with E-state index in [1.165, 1.54) is 0 Å².